The van der Waals surface area contributed by atoms with Gasteiger partial charge >= 0.3 is 0 Å². The van der Waals surface area contributed by atoms with E-state index in [1.807, 2.05) is 22.7 Å². The molecule has 0 fully saturated rings. The van der Waals surface area contributed by atoms with Crippen LogP contribution in [-0.2, 0) is 5.41 Å². The number of fused-ring (bicyclic) bond motifs is 9. The molecule has 0 amide bonds. The second kappa shape index (κ2) is 12.7. The van der Waals surface area contributed by atoms with Gasteiger partial charge in [-0.1, -0.05) is 136 Å². The van der Waals surface area contributed by atoms with Crippen molar-refractivity contribution < 1.29 is 0 Å². The zero-order valence-electron chi connectivity index (χ0n) is 31.5. The Morgan fingerprint density at radius 1 is 0.429 bits per heavy atom. The number of rotatable bonds is 5. The Labute approximate surface area is 334 Å². The van der Waals surface area contributed by atoms with Crippen LogP contribution in [0.5, 0.6) is 0 Å². The first kappa shape index (κ1) is 33.2. The van der Waals surface area contributed by atoms with Crippen LogP contribution in [-0.4, -0.2) is 4.57 Å². The van der Waals surface area contributed by atoms with Crippen LogP contribution in [0.2, 0.25) is 0 Å². The fourth-order valence-corrected chi connectivity index (χ4v) is 11.0. The van der Waals surface area contributed by atoms with Crippen molar-refractivity contribution >= 4 is 102 Å². The summed E-state index contributed by atoms with van der Waals surface area (Å²) in [5.41, 5.74) is 11.0. The Morgan fingerprint density at radius 3 is 1.55 bits per heavy atom. The number of nitrogens with zero attached hydrogens (tertiary/aromatic N) is 2. The van der Waals surface area contributed by atoms with Crippen molar-refractivity contribution in [2.24, 2.45) is 0 Å². The van der Waals surface area contributed by atoms with E-state index in [2.05, 4.69) is 206 Å². The Morgan fingerprint density at radius 2 is 0.946 bits per heavy atom. The average molecular weight is 755 g/mol. The summed E-state index contributed by atoms with van der Waals surface area (Å²) in [6.45, 7) is 6.82. The molecule has 0 aliphatic carbocycles. The largest absolute Gasteiger partial charge is 0.309 e. The molecular weight excluding hydrogens is 717 g/mol. The quantitative estimate of drug-likeness (QED) is 0.170. The van der Waals surface area contributed by atoms with Gasteiger partial charge in [0.25, 0.3) is 0 Å². The van der Waals surface area contributed by atoms with Gasteiger partial charge in [-0.25, -0.2) is 0 Å². The minimum Gasteiger partial charge on any atom is -0.309 e. The van der Waals surface area contributed by atoms with Crippen molar-refractivity contribution in [3.63, 3.8) is 0 Å². The zero-order valence-corrected chi connectivity index (χ0v) is 33.1. The molecule has 8 aromatic carbocycles. The van der Waals surface area contributed by atoms with E-state index in [0.717, 1.165) is 5.69 Å². The number of para-hydroxylation sites is 1. The molecule has 11 rings (SSSR count). The molecule has 0 unspecified atom stereocenters. The minimum absolute atomic E-state index is 0.100. The molecule has 0 saturated carbocycles. The summed E-state index contributed by atoms with van der Waals surface area (Å²) in [6.07, 6.45) is 0. The lowest BCUT2D eigenvalue weighted by Crippen LogP contribution is -2.10. The van der Waals surface area contributed by atoms with Crippen molar-refractivity contribution in [3.05, 3.63) is 181 Å². The van der Waals surface area contributed by atoms with Gasteiger partial charge in [-0.2, -0.15) is 0 Å². The third kappa shape index (κ3) is 5.21. The van der Waals surface area contributed by atoms with Crippen molar-refractivity contribution in [1.29, 1.82) is 0 Å². The Kier molecular flexibility index (Phi) is 7.50. The van der Waals surface area contributed by atoms with E-state index in [0.29, 0.717) is 0 Å². The Balaban J connectivity index is 1.08. The predicted octanol–water partition coefficient (Wildman–Crippen LogP) is 16.0. The molecule has 2 nitrogen and oxygen atoms in total. The van der Waals surface area contributed by atoms with Crippen LogP contribution in [0.25, 0.3) is 79.0 Å². The second-order valence-corrected chi connectivity index (χ2v) is 17.9. The Hall–Kier alpha value is -6.20. The average Bonchev–Trinajstić information content (AvgIpc) is 3.91. The highest BCUT2D eigenvalue weighted by atomic mass is 32.1. The number of benzene rings is 8. The summed E-state index contributed by atoms with van der Waals surface area (Å²) in [7, 11) is 0. The second-order valence-electron chi connectivity index (χ2n) is 15.8. The summed E-state index contributed by atoms with van der Waals surface area (Å²) in [5.74, 6) is 0. The first-order valence-electron chi connectivity index (χ1n) is 19.3. The number of aromatic nitrogens is 1. The summed E-state index contributed by atoms with van der Waals surface area (Å²) >= 11 is 3.76. The van der Waals surface area contributed by atoms with Crippen LogP contribution in [0.4, 0.5) is 17.1 Å². The molecule has 0 atom stereocenters. The molecule has 0 aliphatic rings. The third-order valence-corrected chi connectivity index (χ3v) is 13.8. The van der Waals surface area contributed by atoms with Gasteiger partial charge in [-0.15, -0.1) is 22.7 Å². The van der Waals surface area contributed by atoms with Gasteiger partial charge in [-0.05, 0) is 82.8 Å². The van der Waals surface area contributed by atoms with Gasteiger partial charge in [0.05, 0.1) is 31.8 Å². The summed E-state index contributed by atoms with van der Waals surface area (Å²) in [5, 5.41) is 7.74. The SMILES string of the molecule is CC(C)(C)c1ccc(-n2c3ccccc3c3ccc(-c4ccc(N(c5cccc6c5sc5ccccc56)c5cccc6c5sc5ccccc56)cc4)cc32)cc1. The number of thiophene rings is 2. The molecule has 0 radical (unpaired) electrons. The van der Waals surface area contributed by atoms with E-state index < -0.39 is 0 Å². The van der Waals surface area contributed by atoms with E-state index >= 15 is 0 Å². The first-order valence-corrected chi connectivity index (χ1v) is 20.9. The van der Waals surface area contributed by atoms with Crippen LogP contribution in [0.15, 0.2) is 176 Å². The standard InChI is InChI=1S/C52H38N2S2/c1-52(2,3)35-25-29-37(30-26-35)53-44-17-7-4-12-38(44)39-31-24-34(32-47(39)53)33-22-27-36(28-23-33)54(45-18-10-15-42-40-13-5-8-20-48(40)55-50(42)45)46-19-11-16-43-41-14-6-9-21-49(41)56-51(43)46/h4-32H,1-3H3. The summed E-state index contributed by atoms with van der Waals surface area (Å²) in [6, 6.07) is 65.2. The van der Waals surface area contributed by atoms with E-state index in [-0.39, 0.29) is 5.41 Å². The minimum atomic E-state index is 0.100. The monoisotopic (exact) mass is 754 g/mol. The Bertz CT molecular complexity index is 3170. The highest BCUT2D eigenvalue weighted by Gasteiger charge is 2.22. The highest BCUT2D eigenvalue weighted by molar-refractivity contribution is 7.27. The summed E-state index contributed by atoms with van der Waals surface area (Å²) in [4.78, 5) is 2.49. The molecule has 3 heterocycles. The maximum Gasteiger partial charge on any atom is 0.0640 e. The molecule has 0 aliphatic heterocycles. The van der Waals surface area contributed by atoms with Crippen LogP contribution in [0.1, 0.15) is 26.3 Å². The smallest absolute Gasteiger partial charge is 0.0640 e. The summed E-state index contributed by atoms with van der Waals surface area (Å²) < 4.78 is 7.63. The zero-order chi connectivity index (χ0) is 37.5. The van der Waals surface area contributed by atoms with E-state index in [9.17, 15) is 0 Å². The predicted molar refractivity (Wildman–Crippen MR) is 245 cm³/mol. The molecule has 0 bridgehead atoms. The number of hydrogen-bond acceptors (Lipinski definition) is 3. The van der Waals surface area contributed by atoms with Gasteiger partial charge in [-0.3, -0.25) is 0 Å². The van der Waals surface area contributed by atoms with Gasteiger partial charge in [0.2, 0.25) is 0 Å². The topological polar surface area (TPSA) is 8.17 Å². The van der Waals surface area contributed by atoms with Crippen molar-refractivity contribution in [2.45, 2.75) is 26.2 Å². The lowest BCUT2D eigenvalue weighted by molar-refractivity contribution is 0.590. The molecule has 4 heteroatoms. The molecule has 0 N–H and O–H groups in total. The lowest BCUT2D eigenvalue weighted by atomic mass is 9.87. The molecular formula is C52H38N2S2. The van der Waals surface area contributed by atoms with Crippen LogP contribution < -0.4 is 4.90 Å². The van der Waals surface area contributed by atoms with Gasteiger partial charge < -0.3 is 9.47 Å². The molecule has 268 valence electrons. The van der Waals surface area contributed by atoms with E-state index in [4.69, 9.17) is 0 Å². The molecule has 3 aromatic heterocycles. The van der Waals surface area contributed by atoms with Crippen molar-refractivity contribution in [1.82, 2.24) is 4.57 Å². The fourth-order valence-electron chi connectivity index (χ4n) is 8.57. The third-order valence-electron chi connectivity index (χ3n) is 11.4. The highest BCUT2D eigenvalue weighted by Crippen LogP contribution is 2.49. The van der Waals surface area contributed by atoms with E-state index in [1.54, 1.807) is 0 Å². The molecule has 11 aromatic rings. The first-order chi connectivity index (χ1) is 27.4. The van der Waals surface area contributed by atoms with Crippen LogP contribution in [0.3, 0.4) is 0 Å². The number of hydrogen-bond donors (Lipinski definition) is 0. The molecule has 0 spiro atoms. The molecule has 56 heavy (non-hydrogen) atoms. The van der Waals surface area contributed by atoms with E-state index in [1.165, 1.54) is 95.9 Å². The normalized spacial score (nSPS) is 12.2. The number of anilines is 3. The lowest BCUT2D eigenvalue weighted by Gasteiger charge is -2.27. The van der Waals surface area contributed by atoms with Gasteiger partial charge in [0.15, 0.2) is 0 Å². The van der Waals surface area contributed by atoms with Gasteiger partial charge in [0, 0.05) is 53.1 Å². The van der Waals surface area contributed by atoms with Crippen molar-refractivity contribution in [2.75, 3.05) is 4.90 Å². The molecule has 0 saturated heterocycles. The van der Waals surface area contributed by atoms with Crippen LogP contribution >= 0.6 is 22.7 Å². The van der Waals surface area contributed by atoms with Crippen molar-refractivity contribution in [3.8, 4) is 16.8 Å². The fraction of sp³-hybridized carbons (Fsp3) is 0.0769. The maximum absolute atomic E-state index is 2.49. The van der Waals surface area contributed by atoms with Gasteiger partial charge in [0.1, 0.15) is 0 Å². The van der Waals surface area contributed by atoms with Crippen LogP contribution in [0, 0.1) is 0 Å². The maximum atomic E-state index is 2.49.